The fraction of sp³-hybridized carbons (Fsp3) is 0.200. The van der Waals surface area contributed by atoms with Gasteiger partial charge < -0.3 is 25.0 Å². The summed E-state index contributed by atoms with van der Waals surface area (Å²) in [6, 6.07) is 20.0. The van der Waals surface area contributed by atoms with E-state index in [0.717, 1.165) is 23.2 Å². The molecule has 194 valence electrons. The number of carbonyl (C=O) groups excluding carboxylic acids is 3. The van der Waals surface area contributed by atoms with Crippen LogP contribution in [0.15, 0.2) is 78.6 Å². The highest BCUT2D eigenvalue weighted by Gasteiger charge is 2.23. The molecule has 38 heavy (non-hydrogen) atoms. The summed E-state index contributed by atoms with van der Waals surface area (Å²) in [5.74, 6) is 2.24. The van der Waals surface area contributed by atoms with Crippen LogP contribution in [-0.4, -0.2) is 56.4 Å². The van der Waals surface area contributed by atoms with Crippen LogP contribution in [0.25, 0.3) is 5.57 Å². The van der Waals surface area contributed by atoms with Gasteiger partial charge in [-0.05, 0) is 62.5 Å². The van der Waals surface area contributed by atoms with Gasteiger partial charge in [0.2, 0.25) is 5.76 Å². The monoisotopic (exact) mass is 511 g/mol. The van der Waals surface area contributed by atoms with E-state index in [2.05, 4.69) is 10.6 Å². The highest BCUT2D eigenvalue weighted by atomic mass is 16.5. The lowest BCUT2D eigenvalue weighted by molar-refractivity contribution is -0.118. The largest absolute Gasteiger partial charge is 0.483 e. The Hall–Kier alpha value is -4.65. The van der Waals surface area contributed by atoms with Crippen molar-refractivity contribution in [3.63, 3.8) is 0 Å². The Morgan fingerprint density at radius 1 is 1.03 bits per heavy atom. The highest BCUT2D eigenvalue weighted by Crippen LogP contribution is 2.42. The number of hydrogen-bond acceptors (Lipinski definition) is 6. The summed E-state index contributed by atoms with van der Waals surface area (Å²) >= 11 is 0. The van der Waals surface area contributed by atoms with Crippen LogP contribution >= 0.6 is 0 Å². The zero-order valence-corrected chi connectivity index (χ0v) is 21.5. The van der Waals surface area contributed by atoms with Crippen molar-refractivity contribution < 1.29 is 23.9 Å². The second-order valence-electron chi connectivity index (χ2n) is 9.03. The number of fused-ring (bicyclic) bond motifs is 1. The first-order valence-electron chi connectivity index (χ1n) is 12.2. The molecule has 1 aliphatic heterocycles. The van der Waals surface area contributed by atoms with E-state index in [0.29, 0.717) is 34.9 Å². The molecule has 4 rings (SSSR count). The van der Waals surface area contributed by atoms with E-state index in [4.69, 9.17) is 9.47 Å². The van der Waals surface area contributed by atoms with Crippen LogP contribution in [0.5, 0.6) is 11.5 Å². The van der Waals surface area contributed by atoms with Gasteiger partial charge >= 0.3 is 0 Å². The smallest absolute Gasteiger partial charge is 0.262 e. The van der Waals surface area contributed by atoms with Gasteiger partial charge in [-0.25, -0.2) is 4.79 Å². The molecule has 0 unspecified atom stereocenters. The third-order valence-electron chi connectivity index (χ3n) is 5.93. The summed E-state index contributed by atoms with van der Waals surface area (Å²) in [6.45, 7) is 2.80. The van der Waals surface area contributed by atoms with E-state index in [9.17, 15) is 14.4 Å². The Labute approximate surface area is 221 Å². The number of benzene rings is 3. The number of nitrogens with zero attached hydrogens (tertiary/aromatic N) is 1. The molecule has 1 aliphatic rings. The van der Waals surface area contributed by atoms with Crippen LogP contribution in [0.1, 0.15) is 27.0 Å². The minimum Gasteiger partial charge on any atom is -0.483 e. The molecule has 0 aromatic heterocycles. The van der Waals surface area contributed by atoms with Gasteiger partial charge in [-0.2, -0.15) is 0 Å². The molecule has 8 nitrogen and oxygen atoms in total. The van der Waals surface area contributed by atoms with E-state index >= 15 is 0 Å². The van der Waals surface area contributed by atoms with Gasteiger partial charge in [0.05, 0.1) is 0 Å². The number of amides is 2. The Bertz CT molecular complexity index is 1420. The molecule has 3 aromatic carbocycles. The second kappa shape index (κ2) is 12.1. The first-order chi connectivity index (χ1) is 18.4. The molecule has 2 amide bonds. The highest BCUT2D eigenvalue weighted by molar-refractivity contribution is 5.97. The van der Waals surface area contributed by atoms with Gasteiger partial charge in [0.15, 0.2) is 12.5 Å². The van der Waals surface area contributed by atoms with Crippen molar-refractivity contribution in [1.82, 2.24) is 10.2 Å². The number of allylic oxidation sites excluding steroid dienone is 1. The fourth-order valence-electron chi connectivity index (χ4n) is 4.00. The van der Waals surface area contributed by atoms with Crippen LogP contribution in [0, 0.1) is 6.92 Å². The van der Waals surface area contributed by atoms with Crippen molar-refractivity contribution in [2.24, 2.45) is 0 Å². The van der Waals surface area contributed by atoms with Gasteiger partial charge in [0.1, 0.15) is 11.5 Å². The van der Waals surface area contributed by atoms with Gasteiger partial charge in [-0.3, -0.25) is 9.59 Å². The van der Waals surface area contributed by atoms with Crippen LogP contribution in [0.3, 0.4) is 0 Å². The van der Waals surface area contributed by atoms with E-state index in [1.165, 1.54) is 0 Å². The molecule has 0 atom stereocenters. The van der Waals surface area contributed by atoms with E-state index in [1.54, 1.807) is 43.3 Å². The first kappa shape index (κ1) is 26.4. The summed E-state index contributed by atoms with van der Waals surface area (Å²) < 4.78 is 11.6. The molecule has 0 saturated carbocycles. The molecule has 0 radical (unpaired) electrons. The second-order valence-corrected chi connectivity index (χ2v) is 9.03. The summed E-state index contributed by atoms with van der Waals surface area (Å²) in [4.78, 5) is 38.4. The predicted molar refractivity (Wildman–Crippen MR) is 146 cm³/mol. The molecular formula is C30H29N3O5. The van der Waals surface area contributed by atoms with Crippen molar-refractivity contribution in [3.05, 3.63) is 101 Å². The minimum absolute atomic E-state index is 0.0694. The Morgan fingerprint density at radius 2 is 1.82 bits per heavy atom. The topological polar surface area (TPSA) is 97.0 Å². The lowest BCUT2D eigenvalue weighted by Crippen LogP contribution is -2.31. The number of likely N-dealkylation sites (N-methyl/N-ethyl adjacent to an activating group) is 1. The van der Waals surface area contributed by atoms with E-state index < -0.39 is 0 Å². The van der Waals surface area contributed by atoms with Gasteiger partial charge in [0, 0.05) is 41.5 Å². The van der Waals surface area contributed by atoms with Gasteiger partial charge in [-0.15, -0.1) is 0 Å². The molecular weight excluding hydrogens is 482 g/mol. The quantitative estimate of drug-likeness (QED) is 0.424. The maximum absolute atomic E-state index is 12.6. The zero-order chi connectivity index (χ0) is 27.1. The third kappa shape index (κ3) is 6.37. The number of ether oxygens (including phenoxy) is 2. The summed E-state index contributed by atoms with van der Waals surface area (Å²) in [5, 5.41) is 5.61. The number of nitrogens with one attached hydrogen (secondary N) is 2. The zero-order valence-electron chi connectivity index (χ0n) is 21.5. The Kier molecular flexibility index (Phi) is 8.38. The molecule has 0 fully saturated rings. The number of carbonyl (C=O) groups is 2. The third-order valence-corrected chi connectivity index (χ3v) is 5.93. The SMILES string of the molecule is Cc1c(OCC(=O)Nc2cccc(C(=O)NCCN(C)C)c2)ccc2c1OC(=C=O)C=C2c1ccccc1. The average Bonchev–Trinajstić information content (AvgIpc) is 2.92. The molecule has 0 bridgehead atoms. The summed E-state index contributed by atoms with van der Waals surface area (Å²) in [6.07, 6.45) is 1.66. The fourth-order valence-corrected chi connectivity index (χ4v) is 4.00. The van der Waals surface area contributed by atoms with Crippen LogP contribution in [0.2, 0.25) is 0 Å². The molecule has 8 heteroatoms. The standard InChI is InChI=1S/C30H29N3O5/c1-20-27(13-12-25-26(21-8-5-4-6-9-21)17-24(18-34)38-29(20)25)37-19-28(35)32-23-11-7-10-22(16-23)30(36)31-14-15-33(2)3/h4-13,16-17H,14-15,19H2,1-3H3,(H,31,36)(H,32,35). The maximum atomic E-state index is 12.6. The molecule has 1 heterocycles. The van der Waals surface area contributed by atoms with Crippen LogP contribution < -0.4 is 20.1 Å². The van der Waals surface area contributed by atoms with Crippen molar-refractivity contribution in [1.29, 1.82) is 0 Å². The van der Waals surface area contributed by atoms with Crippen molar-refractivity contribution in [2.45, 2.75) is 6.92 Å². The van der Waals surface area contributed by atoms with Crippen molar-refractivity contribution in [3.8, 4) is 11.5 Å². The molecule has 2 N–H and O–H groups in total. The summed E-state index contributed by atoms with van der Waals surface area (Å²) in [5.41, 5.74) is 4.18. The molecule has 0 spiro atoms. The van der Waals surface area contributed by atoms with Gasteiger partial charge in [0.25, 0.3) is 11.8 Å². The first-order valence-corrected chi connectivity index (χ1v) is 12.2. The number of anilines is 1. The molecule has 0 aliphatic carbocycles. The average molecular weight is 512 g/mol. The van der Waals surface area contributed by atoms with Crippen molar-refractivity contribution in [2.75, 3.05) is 39.1 Å². The number of rotatable bonds is 9. The van der Waals surface area contributed by atoms with E-state index in [-0.39, 0.29) is 24.2 Å². The Balaban J connectivity index is 1.43. The molecule has 3 aromatic rings. The lowest BCUT2D eigenvalue weighted by atomic mass is 9.93. The lowest BCUT2D eigenvalue weighted by Gasteiger charge is -2.22. The van der Waals surface area contributed by atoms with Crippen LogP contribution in [-0.2, 0) is 9.59 Å². The predicted octanol–water partition coefficient (Wildman–Crippen LogP) is 3.84. The van der Waals surface area contributed by atoms with E-state index in [1.807, 2.05) is 61.3 Å². The Morgan fingerprint density at radius 3 is 2.55 bits per heavy atom. The van der Waals surface area contributed by atoms with Gasteiger partial charge in [-0.1, -0.05) is 36.4 Å². The number of hydrogen-bond donors (Lipinski definition) is 2. The maximum Gasteiger partial charge on any atom is 0.262 e. The van der Waals surface area contributed by atoms with Crippen LogP contribution in [0.4, 0.5) is 5.69 Å². The normalized spacial score (nSPS) is 12.1. The molecule has 0 saturated heterocycles. The minimum atomic E-state index is -0.383. The summed E-state index contributed by atoms with van der Waals surface area (Å²) in [7, 11) is 3.86. The van der Waals surface area contributed by atoms with Crippen molar-refractivity contribution >= 4 is 29.0 Å².